The molecule has 0 aliphatic rings. The van der Waals surface area contributed by atoms with Gasteiger partial charge in [-0.1, -0.05) is 13.8 Å². The summed E-state index contributed by atoms with van der Waals surface area (Å²) in [7, 11) is 7.54. The Morgan fingerprint density at radius 3 is 2.07 bits per heavy atom. The van der Waals surface area contributed by atoms with Gasteiger partial charge in [0.15, 0.2) is 0 Å². The van der Waals surface area contributed by atoms with E-state index in [4.69, 9.17) is 23.7 Å². The third-order valence-electron chi connectivity index (χ3n) is 5.18. The highest BCUT2D eigenvalue weighted by atomic mass is 16.6. The van der Waals surface area contributed by atoms with E-state index in [2.05, 4.69) is 0 Å². The largest absolute Gasteiger partial charge is 0.496 e. The summed E-state index contributed by atoms with van der Waals surface area (Å²) < 4.78 is 27.5. The first kappa shape index (κ1) is 25.1. The summed E-state index contributed by atoms with van der Waals surface area (Å²) >= 11 is 0. The number of nitro groups is 1. The molecule has 0 saturated heterocycles. The smallest absolute Gasteiger partial charge is 0.315 e. The van der Waals surface area contributed by atoms with Crippen LogP contribution < -0.4 is 9.47 Å². The quantitative estimate of drug-likeness (QED) is 0.387. The predicted octanol–water partition coefficient (Wildman–Crippen LogP) is 2.98. The zero-order chi connectivity index (χ0) is 22.1. The summed E-state index contributed by atoms with van der Waals surface area (Å²) in [4.78, 5) is 11.0. The molecule has 0 bridgehead atoms. The Bertz CT molecular complexity index is 654. The van der Waals surface area contributed by atoms with E-state index in [0.717, 1.165) is 0 Å². The molecule has 0 spiro atoms. The Hall–Kier alpha value is -1.94. The fraction of sp³-hybridized carbons (Fsp3) is 0.700. The van der Waals surface area contributed by atoms with Crippen molar-refractivity contribution in [2.75, 3.05) is 42.2 Å². The number of aliphatic hydroxyl groups excluding tert-OH is 1. The number of nitro benzene ring substituents is 1. The molecule has 1 N–H and O–H groups in total. The summed E-state index contributed by atoms with van der Waals surface area (Å²) in [6, 6.07) is 3.00. The first-order valence-corrected chi connectivity index (χ1v) is 9.38. The van der Waals surface area contributed by atoms with Gasteiger partial charge in [0, 0.05) is 39.4 Å². The van der Waals surface area contributed by atoms with Crippen LogP contribution in [-0.2, 0) is 14.2 Å². The number of rotatable bonds is 13. The van der Waals surface area contributed by atoms with E-state index < -0.39 is 11.0 Å². The number of aliphatic hydroxyl groups is 1. The van der Waals surface area contributed by atoms with E-state index in [1.54, 1.807) is 20.3 Å². The molecule has 0 aliphatic heterocycles. The number of methoxy groups -OCH3 is 5. The predicted molar refractivity (Wildman–Crippen MR) is 108 cm³/mol. The van der Waals surface area contributed by atoms with Gasteiger partial charge in [-0.05, 0) is 18.4 Å². The van der Waals surface area contributed by atoms with E-state index in [-0.39, 0.29) is 42.1 Å². The first-order valence-electron chi connectivity index (χ1n) is 9.38. The monoisotopic (exact) mass is 415 g/mol. The summed E-state index contributed by atoms with van der Waals surface area (Å²) in [5.74, 6) is 0.240. The van der Waals surface area contributed by atoms with Gasteiger partial charge in [0.25, 0.3) is 0 Å². The van der Waals surface area contributed by atoms with Gasteiger partial charge < -0.3 is 28.8 Å². The maximum Gasteiger partial charge on any atom is 0.315 e. The van der Waals surface area contributed by atoms with Crippen LogP contribution in [0.4, 0.5) is 5.69 Å². The average molecular weight is 415 g/mol. The molecule has 0 aromatic heterocycles. The standard InChI is InChI=1S/C20H33NO8/c1-12(8-17(26-4)19(28-6)13(2)11-22)18(27-5)15-9-14(25-3)10-16(21(23)24)20(15)29-7/h9-10,12-13,17-19,22H,8,11H2,1-7H3/t12-,13-,17-,18+,19+/m0/s1. The molecule has 0 radical (unpaired) electrons. The molecule has 0 amide bonds. The molecule has 166 valence electrons. The number of hydrogen-bond acceptors (Lipinski definition) is 8. The molecule has 1 aromatic carbocycles. The fourth-order valence-corrected chi connectivity index (χ4v) is 3.67. The molecule has 5 atom stereocenters. The molecule has 9 nitrogen and oxygen atoms in total. The normalized spacial score (nSPS) is 16.6. The van der Waals surface area contributed by atoms with E-state index >= 15 is 0 Å². The molecular weight excluding hydrogens is 382 g/mol. The minimum Gasteiger partial charge on any atom is -0.496 e. The number of benzene rings is 1. The summed E-state index contributed by atoms with van der Waals surface area (Å²) in [6.45, 7) is 3.81. The van der Waals surface area contributed by atoms with Gasteiger partial charge in [0.1, 0.15) is 5.75 Å². The van der Waals surface area contributed by atoms with Crippen LogP contribution in [0.1, 0.15) is 31.9 Å². The highest BCUT2D eigenvalue weighted by Crippen LogP contribution is 2.43. The molecule has 1 rings (SSSR count). The van der Waals surface area contributed by atoms with Crippen LogP contribution in [0.2, 0.25) is 0 Å². The molecule has 0 fully saturated rings. The lowest BCUT2D eigenvalue weighted by Gasteiger charge is -2.33. The second-order valence-electron chi connectivity index (χ2n) is 7.03. The number of nitrogens with zero attached hydrogens (tertiary/aromatic N) is 1. The topological polar surface area (TPSA) is 110 Å². The zero-order valence-corrected chi connectivity index (χ0v) is 18.2. The van der Waals surface area contributed by atoms with Crippen LogP contribution in [0.5, 0.6) is 11.5 Å². The fourth-order valence-electron chi connectivity index (χ4n) is 3.67. The van der Waals surface area contributed by atoms with Crippen molar-refractivity contribution in [2.45, 2.75) is 38.6 Å². The van der Waals surface area contributed by atoms with Gasteiger partial charge in [-0.2, -0.15) is 0 Å². The zero-order valence-electron chi connectivity index (χ0n) is 18.2. The molecule has 0 aliphatic carbocycles. The van der Waals surface area contributed by atoms with E-state index in [9.17, 15) is 15.2 Å². The summed E-state index contributed by atoms with van der Waals surface area (Å²) in [6.07, 6.45) is -0.599. The van der Waals surface area contributed by atoms with Crippen LogP contribution in [0.3, 0.4) is 0 Å². The molecule has 29 heavy (non-hydrogen) atoms. The Morgan fingerprint density at radius 2 is 1.66 bits per heavy atom. The molecule has 9 heteroatoms. The third-order valence-corrected chi connectivity index (χ3v) is 5.18. The van der Waals surface area contributed by atoms with Gasteiger partial charge in [-0.3, -0.25) is 10.1 Å². The van der Waals surface area contributed by atoms with Crippen molar-refractivity contribution in [3.05, 3.63) is 27.8 Å². The minimum atomic E-state index is -0.515. The second-order valence-corrected chi connectivity index (χ2v) is 7.03. The van der Waals surface area contributed by atoms with E-state index in [1.807, 2.05) is 13.8 Å². The molecule has 0 unspecified atom stereocenters. The average Bonchev–Trinajstić information content (AvgIpc) is 2.72. The maximum absolute atomic E-state index is 11.5. The highest BCUT2D eigenvalue weighted by molar-refractivity contribution is 5.57. The Balaban J connectivity index is 3.30. The minimum absolute atomic E-state index is 0.0314. The Kier molecular flexibility index (Phi) is 10.3. The second kappa shape index (κ2) is 11.9. The van der Waals surface area contributed by atoms with Gasteiger partial charge >= 0.3 is 5.69 Å². The van der Waals surface area contributed by atoms with E-state index in [0.29, 0.717) is 17.7 Å². The van der Waals surface area contributed by atoms with Crippen molar-refractivity contribution in [2.24, 2.45) is 11.8 Å². The van der Waals surface area contributed by atoms with Crippen molar-refractivity contribution >= 4 is 5.69 Å². The summed E-state index contributed by atoms with van der Waals surface area (Å²) in [5, 5.41) is 21.0. The van der Waals surface area contributed by atoms with Crippen molar-refractivity contribution in [1.29, 1.82) is 0 Å². The van der Waals surface area contributed by atoms with Crippen LogP contribution >= 0.6 is 0 Å². The number of ether oxygens (including phenoxy) is 5. The van der Waals surface area contributed by atoms with Crippen LogP contribution in [-0.4, -0.2) is 64.4 Å². The van der Waals surface area contributed by atoms with Gasteiger partial charge in [0.2, 0.25) is 5.75 Å². The lowest BCUT2D eigenvalue weighted by molar-refractivity contribution is -0.385. The van der Waals surface area contributed by atoms with Crippen LogP contribution in [0.25, 0.3) is 0 Å². The van der Waals surface area contributed by atoms with Gasteiger partial charge in [-0.25, -0.2) is 0 Å². The van der Waals surface area contributed by atoms with Crippen molar-refractivity contribution in [1.82, 2.24) is 0 Å². The lowest BCUT2D eigenvalue weighted by atomic mass is 9.87. The van der Waals surface area contributed by atoms with Gasteiger partial charge in [0.05, 0.1) is 43.5 Å². The van der Waals surface area contributed by atoms with Crippen molar-refractivity contribution in [3.8, 4) is 11.5 Å². The molecular formula is C20H33NO8. The molecule has 0 heterocycles. The summed E-state index contributed by atoms with van der Waals surface area (Å²) in [5.41, 5.74) is 0.329. The first-order chi connectivity index (χ1) is 13.8. The lowest BCUT2D eigenvalue weighted by Crippen LogP contribution is -2.38. The van der Waals surface area contributed by atoms with E-state index in [1.165, 1.54) is 27.4 Å². The number of hydrogen-bond donors (Lipinski definition) is 1. The van der Waals surface area contributed by atoms with Crippen LogP contribution in [0.15, 0.2) is 12.1 Å². The Morgan fingerprint density at radius 1 is 1.00 bits per heavy atom. The Labute approximate surface area is 172 Å². The van der Waals surface area contributed by atoms with Crippen molar-refractivity contribution in [3.63, 3.8) is 0 Å². The molecule has 1 aromatic rings. The van der Waals surface area contributed by atoms with Gasteiger partial charge in [-0.15, -0.1) is 0 Å². The third kappa shape index (κ3) is 6.02. The van der Waals surface area contributed by atoms with Crippen molar-refractivity contribution < 1.29 is 33.7 Å². The SMILES string of the molecule is COc1cc([C@H](OC)[C@@H](C)C[C@H](OC)[C@H](OC)[C@@H](C)CO)c(OC)c([N+](=O)[O-])c1. The maximum atomic E-state index is 11.5. The highest BCUT2D eigenvalue weighted by Gasteiger charge is 2.34. The van der Waals surface area contributed by atoms with Crippen LogP contribution in [0, 0.1) is 22.0 Å². The molecule has 0 saturated carbocycles.